The Kier molecular flexibility index (Phi) is 6.42. The van der Waals surface area contributed by atoms with E-state index < -0.39 is 0 Å². The van der Waals surface area contributed by atoms with E-state index in [0.717, 1.165) is 13.0 Å². The van der Waals surface area contributed by atoms with Crippen molar-refractivity contribution in [3.05, 3.63) is 0 Å². The van der Waals surface area contributed by atoms with Crippen LogP contribution >= 0.6 is 0 Å². The molecule has 2 unspecified atom stereocenters. The standard InChI is InChI=1S/C12H24N2O2/c1-10(14-9-12(15)16-2)8-11-6-4-3-5-7-13-11/h10-11,13-14H,3-9H2,1-2H3. The molecule has 4 nitrogen and oxygen atoms in total. The van der Waals surface area contributed by atoms with E-state index in [-0.39, 0.29) is 5.97 Å². The van der Waals surface area contributed by atoms with Gasteiger partial charge in [0.1, 0.15) is 0 Å². The SMILES string of the molecule is COC(=O)CNC(C)CC1CCCCCN1. The predicted octanol–water partition coefficient (Wildman–Crippen LogP) is 1.06. The van der Waals surface area contributed by atoms with Crippen molar-refractivity contribution in [2.75, 3.05) is 20.2 Å². The van der Waals surface area contributed by atoms with Gasteiger partial charge in [-0.1, -0.05) is 12.8 Å². The molecular weight excluding hydrogens is 204 g/mol. The summed E-state index contributed by atoms with van der Waals surface area (Å²) < 4.78 is 4.59. The van der Waals surface area contributed by atoms with Gasteiger partial charge >= 0.3 is 5.97 Å². The first kappa shape index (κ1) is 13.5. The summed E-state index contributed by atoms with van der Waals surface area (Å²) in [4.78, 5) is 11.0. The maximum Gasteiger partial charge on any atom is 0.319 e. The molecule has 4 heteroatoms. The number of rotatable bonds is 5. The Morgan fingerprint density at radius 1 is 1.50 bits per heavy atom. The maximum absolute atomic E-state index is 11.0. The van der Waals surface area contributed by atoms with E-state index in [2.05, 4.69) is 22.3 Å². The molecular formula is C12H24N2O2. The lowest BCUT2D eigenvalue weighted by molar-refractivity contribution is -0.139. The zero-order chi connectivity index (χ0) is 11.8. The van der Waals surface area contributed by atoms with E-state index in [4.69, 9.17) is 0 Å². The summed E-state index contributed by atoms with van der Waals surface area (Å²) in [5.41, 5.74) is 0. The van der Waals surface area contributed by atoms with Gasteiger partial charge in [0.2, 0.25) is 0 Å². The van der Waals surface area contributed by atoms with Crippen LogP contribution in [-0.2, 0) is 9.53 Å². The molecule has 0 amide bonds. The summed E-state index contributed by atoms with van der Waals surface area (Å²) in [6.07, 6.45) is 6.29. The van der Waals surface area contributed by atoms with Gasteiger partial charge in [0.05, 0.1) is 13.7 Å². The number of hydrogen-bond donors (Lipinski definition) is 2. The number of ether oxygens (including phenoxy) is 1. The summed E-state index contributed by atoms with van der Waals surface area (Å²) in [5.74, 6) is -0.194. The number of methoxy groups -OCH3 is 1. The van der Waals surface area contributed by atoms with Crippen LogP contribution in [0.4, 0.5) is 0 Å². The van der Waals surface area contributed by atoms with Gasteiger partial charge in [-0.15, -0.1) is 0 Å². The molecule has 0 aromatic carbocycles. The molecule has 1 rings (SSSR count). The van der Waals surface area contributed by atoms with Gasteiger partial charge in [-0.3, -0.25) is 4.79 Å². The molecule has 1 fully saturated rings. The number of carbonyl (C=O) groups is 1. The Morgan fingerprint density at radius 2 is 2.31 bits per heavy atom. The van der Waals surface area contributed by atoms with Crippen LogP contribution in [0.25, 0.3) is 0 Å². The molecule has 2 atom stereocenters. The van der Waals surface area contributed by atoms with Gasteiger partial charge in [-0.25, -0.2) is 0 Å². The fraction of sp³-hybridized carbons (Fsp3) is 0.917. The molecule has 16 heavy (non-hydrogen) atoms. The lowest BCUT2D eigenvalue weighted by atomic mass is 10.0. The quantitative estimate of drug-likeness (QED) is 0.691. The van der Waals surface area contributed by atoms with Gasteiger partial charge in [-0.05, 0) is 32.7 Å². The fourth-order valence-corrected chi connectivity index (χ4v) is 2.14. The Balaban J connectivity index is 2.16. The molecule has 0 radical (unpaired) electrons. The van der Waals surface area contributed by atoms with Crippen molar-refractivity contribution >= 4 is 5.97 Å². The van der Waals surface area contributed by atoms with Crippen molar-refractivity contribution in [1.29, 1.82) is 0 Å². The molecule has 0 aromatic rings. The molecule has 2 N–H and O–H groups in total. The average Bonchev–Trinajstić information content (AvgIpc) is 2.54. The number of carbonyl (C=O) groups excluding carboxylic acids is 1. The van der Waals surface area contributed by atoms with Crippen molar-refractivity contribution < 1.29 is 9.53 Å². The number of hydrogen-bond acceptors (Lipinski definition) is 4. The summed E-state index contributed by atoms with van der Waals surface area (Å²) in [5, 5.41) is 6.74. The van der Waals surface area contributed by atoms with Gasteiger partial charge in [-0.2, -0.15) is 0 Å². The first-order chi connectivity index (χ1) is 7.72. The molecule has 1 aliphatic heterocycles. The van der Waals surface area contributed by atoms with Crippen molar-refractivity contribution in [3.63, 3.8) is 0 Å². The normalized spacial score (nSPS) is 23.5. The van der Waals surface area contributed by atoms with Crippen molar-refractivity contribution in [3.8, 4) is 0 Å². The van der Waals surface area contributed by atoms with Crippen LogP contribution in [-0.4, -0.2) is 38.3 Å². The van der Waals surface area contributed by atoms with E-state index in [1.54, 1.807) is 0 Å². The van der Waals surface area contributed by atoms with Gasteiger partial charge in [0, 0.05) is 12.1 Å². The lowest BCUT2D eigenvalue weighted by Crippen LogP contribution is -2.38. The number of nitrogens with one attached hydrogen (secondary N) is 2. The van der Waals surface area contributed by atoms with Crippen LogP contribution in [0.15, 0.2) is 0 Å². The van der Waals surface area contributed by atoms with Crippen LogP contribution in [0.1, 0.15) is 39.0 Å². The molecule has 0 bridgehead atoms. The Bertz CT molecular complexity index is 201. The second-order valence-corrected chi connectivity index (χ2v) is 4.59. The average molecular weight is 228 g/mol. The number of esters is 1. The summed E-state index contributed by atoms with van der Waals surface area (Å²) in [6, 6.07) is 0.956. The van der Waals surface area contributed by atoms with Crippen LogP contribution in [0, 0.1) is 0 Å². The zero-order valence-electron chi connectivity index (χ0n) is 10.4. The monoisotopic (exact) mass is 228 g/mol. The molecule has 0 spiro atoms. The molecule has 0 saturated carbocycles. The highest BCUT2D eigenvalue weighted by Gasteiger charge is 2.15. The fourth-order valence-electron chi connectivity index (χ4n) is 2.14. The third-order valence-corrected chi connectivity index (χ3v) is 3.12. The van der Waals surface area contributed by atoms with E-state index in [1.807, 2.05) is 0 Å². The smallest absolute Gasteiger partial charge is 0.319 e. The molecule has 1 heterocycles. The summed E-state index contributed by atoms with van der Waals surface area (Å²) in [6.45, 7) is 3.56. The summed E-state index contributed by atoms with van der Waals surface area (Å²) in [7, 11) is 1.42. The third-order valence-electron chi connectivity index (χ3n) is 3.12. The Morgan fingerprint density at radius 3 is 3.06 bits per heavy atom. The largest absolute Gasteiger partial charge is 0.468 e. The van der Waals surface area contributed by atoms with E-state index in [0.29, 0.717) is 18.6 Å². The molecule has 1 saturated heterocycles. The van der Waals surface area contributed by atoms with Gasteiger partial charge < -0.3 is 15.4 Å². The molecule has 0 aliphatic carbocycles. The molecule has 1 aliphatic rings. The minimum absolute atomic E-state index is 0.194. The van der Waals surface area contributed by atoms with E-state index in [9.17, 15) is 4.79 Å². The Hall–Kier alpha value is -0.610. The molecule has 0 aromatic heterocycles. The maximum atomic E-state index is 11.0. The highest BCUT2D eigenvalue weighted by molar-refractivity contribution is 5.71. The second-order valence-electron chi connectivity index (χ2n) is 4.59. The van der Waals surface area contributed by atoms with E-state index >= 15 is 0 Å². The van der Waals surface area contributed by atoms with Crippen LogP contribution in [0.2, 0.25) is 0 Å². The second kappa shape index (κ2) is 7.63. The topological polar surface area (TPSA) is 50.4 Å². The van der Waals surface area contributed by atoms with Crippen molar-refractivity contribution in [1.82, 2.24) is 10.6 Å². The predicted molar refractivity (Wildman–Crippen MR) is 64.4 cm³/mol. The Labute approximate surface area is 98.1 Å². The molecule has 94 valence electrons. The first-order valence-corrected chi connectivity index (χ1v) is 6.26. The highest BCUT2D eigenvalue weighted by atomic mass is 16.5. The van der Waals surface area contributed by atoms with Gasteiger partial charge in [0.25, 0.3) is 0 Å². The van der Waals surface area contributed by atoms with Gasteiger partial charge in [0.15, 0.2) is 0 Å². The first-order valence-electron chi connectivity index (χ1n) is 6.26. The van der Waals surface area contributed by atoms with Crippen LogP contribution in [0.3, 0.4) is 0 Å². The third kappa shape index (κ3) is 5.47. The van der Waals surface area contributed by atoms with Crippen LogP contribution in [0.5, 0.6) is 0 Å². The minimum Gasteiger partial charge on any atom is -0.468 e. The zero-order valence-corrected chi connectivity index (χ0v) is 10.4. The van der Waals surface area contributed by atoms with Crippen LogP contribution < -0.4 is 10.6 Å². The lowest BCUT2D eigenvalue weighted by Gasteiger charge is -2.21. The highest BCUT2D eigenvalue weighted by Crippen LogP contribution is 2.12. The van der Waals surface area contributed by atoms with Crippen molar-refractivity contribution in [2.45, 2.75) is 51.1 Å². The minimum atomic E-state index is -0.194. The van der Waals surface area contributed by atoms with Crippen molar-refractivity contribution in [2.24, 2.45) is 0 Å². The summed E-state index contributed by atoms with van der Waals surface area (Å²) >= 11 is 0. The van der Waals surface area contributed by atoms with E-state index in [1.165, 1.54) is 32.8 Å².